The molecule has 0 spiro atoms. The number of nitrogens with zero attached hydrogens (tertiary/aromatic N) is 3. The maximum absolute atomic E-state index is 12.4. The SMILES string of the molecule is COc1ccc(/C=N\NC(=O)[C@@H](C)N(c2ccccc2)S(C)(=O)=O)cc1[N+](=O)[O-]. The molecule has 0 aromatic heterocycles. The maximum atomic E-state index is 12.4. The van der Waals surface area contributed by atoms with Crippen LogP contribution in [-0.4, -0.2) is 44.9 Å². The van der Waals surface area contributed by atoms with E-state index < -0.39 is 26.9 Å². The topological polar surface area (TPSA) is 131 Å². The van der Waals surface area contributed by atoms with E-state index in [-0.39, 0.29) is 11.4 Å². The van der Waals surface area contributed by atoms with Crippen LogP contribution < -0.4 is 14.5 Å². The lowest BCUT2D eigenvalue weighted by Crippen LogP contribution is -2.46. The van der Waals surface area contributed by atoms with Gasteiger partial charge >= 0.3 is 5.69 Å². The first-order chi connectivity index (χ1) is 13.6. The highest BCUT2D eigenvalue weighted by atomic mass is 32.2. The summed E-state index contributed by atoms with van der Waals surface area (Å²) in [5.74, 6) is -0.574. The van der Waals surface area contributed by atoms with Gasteiger partial charge in [-0.15, -0.1) is 0 Å². The number of sulfonamides is 1. The first kappa shape index (κ1) is 21.8. The number of rotatable bonds is 8. The third kappa shape index (κ3) is 5.51. The first-order valence-corrected chi connectivity index (χ1v) is 10.2. The normalized spacial score (nSPS) is 12.4. The van der Waals surface area contributed by atoms with Gasteiger partial charge in [0.05, 0.1) is 30.2 Å². The Hall–Kier alpha value is -3.47. The molecule has 1 N–H and O–H groups in total. The van der Waals surface area contributed by atoms with Crippen molar-refractivity contribution >= 4 is 33.5 Å². The molecule has 2 aromatic carbocycles. The molecule has 0 heterocycles. The molecule has 0 radical (unpaired) electrons. The molecule has 0 saturated heterocycles. The summed E-state index contributed by atoms with van der Waals surface area (Å²) in [5, 5.41) is 14.8. The molecule has 2 aromatic rings. The van der Waals surface area contributed by atoms with Gasteiger partial charge in [-0.25, -0.2) is 13.8 Å². The van der Waals surface area contributed by atoms with Crippen LogP contribution >= 0.6 is 0 Å². The van der Waals surface area contributed by atoms with Gasteiger partial charge in [0, 0.05) is 11.6 Å². The Bertz CT molecular complexity index is 1020. The van der Waals surface area contributed by atoms with Gasteiger partial charge in [0.25, 0.3) is 5.91 Å². The van der Waals surface area contributed by atoms with E-state index in [0.717, 1.165) is 10.6 Å². The Labute approximate surface area is 168 Å². The van der Waals surface area contributed by atoms with Crippen molar-refractivity contribution in [3.05, 3.63) is 64.2 Å². The Morgan fingerprint density at radius 1 is 1.28 bits per heavy atom. The Morgan fingerprint density at radius 3 is 2.48 bits per heavy atom. The fourth-order valence-electron chi connectivity index (χ4n) is 2.58. The third-order valence-electron chi connectivity index (χ3n) is 3.89. The molecule has 154 valence electrons. The molecule has 1 atom stereocenters. The number of methoxy groups -OCH3 is 1. The molecule has 0 unspecified atom stereocenters. The number of hydrogen-bond donors (Lipinski definition) is 1. The average molecular weight is 420 g/mol. The van der Waals surface area contributed by atoms with E-state index in [9.17, 15) is 23.3 Å². The molecule has 0 aliphatic carbocycles. The fraction of sp³-hybridized carbons (Fsp3) is 0.222. The highest BCUT2D eigenvalue weighted by Crippen LogP contribution is 2.26. The van der Waals surface area contributed by atoms with E-state index in [0.29, 0.717) is 11.3 Å². The average Bonchev–Trinajstić information content (AvgIpc) is 2.67. The second-order valence-corrected chi connectivity index (χ2v) is 7.85. The summed E-state index contributed by atoms with van der Waals surface area (Å²) >= 11 is 0. The number of nitro groups is 1. The number of ether oxygens (including phenoxy) is 1. The fourth-order valence-corrected chi connectivity index (χ4v) is 3.75. The molecule has 0 aliphatic heterocycles. The van der Waals surface area contributed by atoms with Gasteiger partial charge in [-0.05, 0) is 31.2 Å². The van der Waals surface area contributed by atoms with Crippen LogP contribution in [0.4, 0.5) is 11.4 Å². The number of carbonyl (C=O) groups is 1. The number of hydrogen-bond acceptors (Lipinski definition) is 7. The number of nitrogens with one attached hydrogen (secondary N) is 1. The quantitative estimate of drug-likeness (QED) is 0.394. The summed E-state index contributed by atoms with van der Waals surface area (Å²) in [7, 11) is -2.41. The third-order valence-corrected chi connectivity index (χ3v) is 5.13. The molecule has 0 aliphatic rings. The Morgan fingerprint density at radius 2 is 1.93 bits per heavy atom. The van der Waals surface area contributed by atoms with E-state index in [1.165, 1.54) is 38.4 Å². The van der Waals surface area contributed by atoms with Crippen molar-refractivity contribution < 1.29 is 22.9 Å². The molecular formula is C18H20N4O6S. The lowest BCUT2D eigenvalue weighted by Gasteiger charge is -2.27. The van der Waals surface area contributed by atoms with Gasteiger partial charge in [0.2, 0.25) is 10.0 Å². The minimum absolute atomic E-state index is 0.0939. The van der Waals surface area contributed by atoms with Crippen molar-refractivity contribution in [3.8, 4) is 5.75 Å². The summed E-state index contributed by atoms with van der Waals surface area (Å²) in [4.78, 5) is 22.9. The van der Waals surface area contributed by atoms with Crippen LogP contribution in [0.3, 0.4) is 0 Å². The van der Waals surface area contributed by atoms with Gasteiger partial charge in [-0.2, -0.15) is 5.10 Å². The molecular weight excluding hydrogens is 400 g/mol. The van der Waals surface area contributed by atoms with Crippen molar-refractivity contribution in [1.82, 2.24) is 5.43 Å². The van der Waals surface area contributed by atoms with Crippen LogP contribution in [0.15, 0.2) is 53.6 Å². The molecule has 1 amide bonds. The van der Waals surface area contributed by atoms with Crippen molar-refractivity contribution in [3.63, 3.8) is 0 Å². The second-order valence-electron chi connectivity index (χ2n) is 5.99. The van der Waals surface area contributed by atoms with Gasteiger partial charge < -0.3 is 4.74 Å². The number of carbonyl (C=O) groups excluding carboxylic acids is 1. The minimum atomic E-state index is -3.73. The van der Waals surface area contributed by atoms with E-state index in [2.05, 4.69) is 10.5 Å². The molecule has 29 heavy (non-hydrogen) atoms. The highest BCUT2D eigenvalue weighted by Gasteiger charge is 2.28. The molecule has 0 fully saturated rings. The van der Waals surface area contributed by atoms with Gasteiger partial charge in [-0.3, -0.25) is 19.2 Å². The second kappa shape index (κ2) is 9.15. The van der Waals surface area contributed by atoms with Gasteiger partial charge in [-0.1, -0.05) is 18.2 Å². The zero-order chi connectivity index (χ0) is 21.6. The number of anilines is 1. The smallest absolute Gasteiger partial charge is 0.311 e. The summed E-state index contributed by atoms with van der Waals surface area (Å²) in [6.45, 7) is 1.43. The van der Waals surface area contributed by atoms with Crippen molar-refractivity contribution in [2.75, 3.05) is 17.7 Å². The molecule has 10 nitrogen and oxygen atoms in total. The molecule has 0 bridgehead atoms. The Balaban J connectivity index is 2.17. The Kier molecular flexibility index (Phi) is 6.89. The lowest BCUT2D eigenvalue weighted by atomic mass is 10.2. The van der Waals surface area contributed by atoms with E-state index in [1.54, 1.807) is 30.3 Å². The van der Waals surface area contributed by atoms with Crippen molar-refractivity contribution in [2.45, 2.75) is 13.0 Å². The van der Waals surface area contributed by atoms with Crippen LogP contribution in [0.2, 0.25) is 0 Å². The van der Waals surface area contributed by atoms with Crippen LogP contribution in [0, 0.1) is 10.1 Å². The number of amides is 1. The highest BCUT2D eigenvalue weighted by molar-refractivity contribution is 7.92. The van der Waals surface area contributed by atoms with Crippen LogP contribution in [0.1, 0.15) is 12.5 Å². The number of benzene rings is 2. The summed E-state index contributed by atoms with van der Waals surface area (Å²) < 4.78 is 30.2. The predicted octanol–water partition coefficient (Wildman–Crippen LogP) is 1.91. The van der Waals surface area contributed by atoms with Gasteiger partial charge in [0.15, 0.2) is 5.75 Å². The lowest BCUT2D eigenvalue weighted by molar-refractivity contribution is -0.385. The maximum Gasteiger partial charge on any atom is 0.311 e. The van der Waals surface area contributed by atoms with Crippen molar-refractivity contribution in [1.29, 1.82) is 0 Å². The zero-order valence-electron chi connectivity index (χ0n) is 16.0. The number of para-hydroxylation sites is 1. The predicted molar refractivity (Wildman–Crippen MR) is 109 cm³/mol. The van der Waals surface area contributed by atoms with Crippen molar-refractivity contribution in [2.24, 2.45) is 5.10 Å². The minimum Gasteiger partial charge on any atom is -0.490 e. The van der Waals surface area contributed by atoms with Crippen LogP contribution in [0.25, 0.3) is 0 Å². The van der Waals surface area contributed by atoms with E-state index in [4.69, 9.17) is 4.74 Å². The van der Waals surface area contributed by atoms with E-state index in [1.807, 2.05) is 0 Å². The van der Waals surface area contributed by atoms with E-state index >= 15 is 0 Å². The van der Waals surface area contributed by atoms with Gasteiger partial charge in [0.1, 0.15) is 6.04 Å². The summed E-state index contributed by atoms with van der Waals surface area (Å²) in [6.07, 6.45) is 2.22. The number of hydrazone groups is 1. The first-order valence-electron chi connectivity index (χ1n) is 8.35. The van der Waals surface area contributed by atoms with Crippen LogP contribution in [0.5, 0.6) is 5.75 Å². The summed E-state index contributed by atoms with van der Waals surface area (Å²) in [5.41, 5.74) is 2.70. The molecule has 2 rings (SSSR count). The summed E-state index contributed by atoms with van der Waals surface area (Å²) in [6, 6.07) is 11.3. The zero-order valence-corrected chi connectivity index (χ0v) is 16.8. The molecule has 11 heteroatoms. The molecule has 0 saturated carbocycles. The standard InChI is InChI=1S/C18H20N4O6S/c1-13(21(29(3,26)27)15-7-5-4-6-8-15)18(23)20-19-12-14-9-10-17(28-2)16(11-14)22(24)25/h4-13H,1-3H3,(H,20,23)/b19-12-/t13-/m1/s1. The van der Waals surface area contributed by atoms with Crippen LogP contribution in [-0.2, 0) is 14.8 Å². The number of nitro benzene ring substituents is 1. The monoisotopic (exact) mass is 420 g/mol. The largest absolute Gasteiger partial charge is 0.490 e.